The second-order valence-electron chi connectivity index (χ2n) is 4.57. The fourth-order valence-corrected chi connectivity index (χ4v) is 3.16. The van der Waals surface area contributed by atoms with E-state index in [1.807, 2.05) is 6.07 Å². The molecular formula is C15H20ClNOS. The number of hydrogen-bond acceptors (Lipinski definition) is 3. The van der Waals surface area contributed by atoms with Crippen molar-refractivity contribution >= 4 is 22.9 Å². The highest BCUT2D eigenvalue weighted by molar-refractivity contribution is 7.16. The van der Waals surface area contributed by atoms with Crippen molar-refractivity contribution in [2.24, 2.45) is 0 Å². The maximum atomic E-state index is 6.00. The predicted octanol–water partition coefficient (Wildman–Crippen LogP) is 4.84. The molecule has 0 saturated heterocycles. The van der Waals surface area contributed by atoms with Crippen LogP contribution in [0.3, 0.4) is 0 Å². The van der Waals surface area contributed by atoms with Crippen molar-refractivity contribution < 1.29 is 4.42 Å². The molecule has 2 heterocycles. The lowest BCUT2D eigenvalue weighted by Gasteiger charge is -2.15. The second-order valence-corrected chi connectivity index (χ2v) is 6.37. The summed E-state index contributed by atoms with van der Waals surface area (Å²) in [7, 11) is 0. The molecule has 0 aliphatic heterocycles. The van der Waals surface area contributed by atoms with E-state index < -0.39 is 0 Å². The van der Waals surface area contributed by atoms with Crippen LogP contribution in [0.2, 0.25) is 4.34 Å². The minimum atomic E-state index is 0.231. The zero-order chi connectivity index (χ0) is 13.7. The van der Waals surface area contributed by atoms with Gasteiger partial charge in [0.25, 0.3) is 0 Å². The zero-order valence-corrected chi connectivity index (χ0v) is 13.0. The van der Waals surface area contributed by atoms with E-state index >= 15 is 0 Å². The van der Waals surface area contributed by atoms with Crippen LogP contribution in [0.1, 0.15) is 42.7 Å². The Labute approximate surface area is 123 Å². The van der Waals surface area contributed by atoms with Crippen LogP contribution in [-0.2, 0) is 12.8 Å². The molecule has 0 saturated carbocycles. The molecule has 19 heavy (non-hydrogen) atoms. The molecule has 1 atom stereocenters. The summed E-state index contributed by atoms with van der Waals surface area (Å²) in [5.41, 5.74) is 0. The topological polar surface area (TPSA) is 25.2 Å². The molecule has 2 rings (SSSR count). The largest absolute Gasteiger partial charge is 0.464 e. The molecule has 0 amide bonds. The molecule has 0 fully saturated rings. The predicted molar refractivity (Wildman–Crippen MR) is 82.2 cm³/mol. The van der Waals surface area contributed by atoms with Crippen LogP contribution >= 0.6 is 22.9 Å². The smallest absolute Gasteiger partial charge is 0.121 e. The van der Waals surface area contributed by atoms with E-state index in [-0.39, 0.29) is 6.04 Å². The van der Waals surface area contributed by atoms with Gasteiger partial charge in [0.05, 0.1) is 10.4 Å². The minimum Gasteiger partial charge on any atom is -0.464 e. The molecule has 2 aromatic heterocycles. The first-order valence-electron chi connectivity index (χ1n) is 6.79. The third-order valence-corrected chi connectivity index (χ3v) is 4.30. The Morgan fingerprint density at radius 3 is 2.68 bits per heavy atom. The molecule has 0 radical (unpaired) electrons. The number of aryl methyl sites for hydroxylation is 1. The average molecular weight is 298 g/mol. The number of furan rings is 1. The maximum absolute atomic E-state index is 6.00. The lowest BCUT2D eigenvalue weighted by molar-refractivity contribution is 0.393. The molecule has 1 N–H and O–H groups in total. The van der Waals surface area contributed by atoms with Crippen LogP contribution < -0.4 is 5.32 Å². The lowest BCUT2D eigenvalue weighted by Crippen LogP contribution is -2.23. The summed E-state index contributed by atoms with van der Waals surface area (Å²) in [6.07, 6.45) is 2.97. The van der Waals surface area contributed by atoms with E-state index in [0.717, 1.165) is 41.7 Å². The number of hydrogen-bond donors (Lipinski definition) is 1. The Morgan fingerprint density at radius 1 is 1.26 bits per heavy atom. The Balaban J connectivity index is 2.10. The standard InChI is InChI=1S/C15H20ClNOS/c1-3-9-17-13(10-12-6-8-15(16)19-12)14-7-5-11(4-2)18-14/h5-8,13,17H,3-4,9-10H2,1-2H3. The molecule has 1 unspecified atom stereocenters. The summed E-state index contributed by atoms with van der Waals surface area (Å²) in [5.74, 6) is 2.07. The second kappa shape index (κ2) is 7.13. The van der Waals surface area contributed by atoms with Crippen LogP contribution in [-0.4, -0.2) is 6.54 Å². The first kappa shape index (κ1) is 14.6. The molecule has 0 bridgehead atoms. The Kier molecular flexibility index (Phi) is 5.49. The van der Waals surface area contributed by atoms with Crippen LogP contribution in [0, 0.1) is 0 Å². The van der Waals surface area contributed by atoms with Crippen molar-refractivity contribution in [2.45, 2.75) is 39.2 Å². The fourth-order valence-electron chi connectivity index (χ4n) is 2.03. The van der Waals surface area contributed by atoms with Crippen LogP contribution in [0.4, 0.5) is 0 Å². The molecule has 104 valence electrons. The van der Waals surface area contributed by atoms with E-state index in [2.05, 4.69) is 37.4 Å². The van der Waals surface area contributed by atoms with Crippen LogP contribution in [0.25, 0.3) is 0 Å². The number of halogens is 1. The average Bonchev–Trinajstić information content (AvgIpc) is 3.03. The van der Waals surface area contributed by atoms with Gasteiger partial charge in [-0.2, -0.15) is 0 Å². The summed E-state index contributed by atoms with van der Waals surface area (Å²) < 4.78 is 6.73. The first-order valence-corrected chi connectivity index (χ1v) is 7.98. The number of rotatable bonds is 7. The third-order valence-electron chi connectivity index (χ3n) is 3.05. The fraction of sp³-hybridized carbons (Fsp3) is 0.467. The molecule has 0 aromatic carbocycles. The first-order chi connectivity index (χ1) is 9.22. The van der Waals surface area contributed by atoms with Crippen molar-refractivity contribution in [2.75, 3.05) is 6.54 Å². The van der Waals surface area contributed by atoms with Crippen molar-refractivity contribution in [3.63, 3.8) is 0 Å². The SMILES string of the molecule is CCCNC(Cc1ccc(Cl)s1)c1ccc(CC)o1. The monoisotopic (exact) mass is 297 g/mol. The normalized spacial score (nSPS) is 12.8. The van der Waals surface area contributed by atoms with Gasteiger partial charge in [-0.1, -0.05) is 25.4 Å². The van der Waals surface area contributed by atoms with Gasteiger partial charge in [0.2, 0.25) is 0 Å². The van der Waals surface area contributed by atoms with Crippen molar-refractivity contribution in [3.05, 3.63) is 45.0 Å². The molecule has 0 aliphatic carbocycles. The van der Waals surface area contributed by atoms with Gasteiger partial charge < -0.3 is 9.73 Å². The van der Waals surface area contributed by atoms with Gasteiger partial charge in [-0.3, -0.25) is 0 Å². The Hall–Kier alpha value is -0.770. The van der Waals surface area contributed by atoms with Crippen LogP contribution in [0.15, 0.2) is 28.7 Å². The molecule has 4 heteroatoms. The third kappa shape index (κ3) is 4.10. The lowest BCUT2D eigenvalue weighted by atomic mass is 10.1. The van der Waals surface area contributed by atoms with E-state index in [1.165, 1.54) is 4.88 Å². The van der Waals surface area contributed by atoms with Gasteiger partial charge in [0, 0.05) is 17.7 Å². The molecular weight excluding hydrogens is 278 g/mol. The quantitative estimate of drug-likeness (QED) is 0.791. The molecule has 0 spiro atoms. The highest BCUT2D eigenvalue weighted by atomic mass is 35.5. The van der Waals surface area contributed by atoms with Gasteiger partial charge in [0.15, 0.2) is 0 Å². The number of thiophene rings is 1. The molecule has 2 nitrogen and oxygen atoms in total. The van der Waals surface area contributed by atoms with Crippen molar-refractivity contribution in [1.82, 2.24) is 5.32 Å². The summed E-state index contributed by atoms with van der Waals surface area (Å²) in [5, 5.41) is 3.55. The molecule has 0 aliphatic rings. The van der Waals surface area contributed by atoms with Crippen molar-refractivity contribution in [3.8, 4) is 0 Å². The van der Waals surface area contributed by atoms with Crippen molar-refractivity contribution in [1.29, 1.82) is 0 Å². The Morgan fingerprint density at radius 2 is 2.11 bits per heavy atom. The Bertz CT molecular complexity index is 506. The summed E-state index contributed by atoms with van der Waals surface area (Å²) in [6, 6.07) is 8.43. The summed E-state index contributed by atoms with van der Waals surface area (Å²) in [4.78, 5) is 1.29. The van der Waals surface area contributed by atoms with E-state index in [9.17, 15) is 0 Å². The van der Waals surface area contributed by atoms with Gasteiger partial charge in [0.1, 0.15) is 11.5 Å². The highest BCUT2D eigenvalue weighted by Gasteiger charge is 2.16. The van der Waals surface area contributed by atoms with E-state index in [4.69, 9.17) is 16.0 Å². The molecule has 2 aromatic rings. The minimum absolute atomic E-state index is 0.231. The maximum Gasteiger partial charge on any atom is 0.121 e. The van der Waals surface area contributed by atoms with Gasteiger partial charge >= 0.3 is 0 Å². The highest BCUT2D eigenvalue weighted by Crippen LogP contribution is 2.27. The van der Waals surface area contributed by atoms with Gasteiger partial charge in [-0.15, -0.1) is 11.3 Å². The number of nitrogens with one attached hydrogen (secondary N) is 1. The van der Waals surface area contributed by atoms with Gasteiger partial charge in [-0.25, -0.2) is 0 Å². The summed E-state index contributed by atoms with van der Waals surface area (Å²) in [6.45, 7) is 5.27. The summed E-state index contributed by atoms with van der Waals surface area (Å²) >= 11 is 7.64. The zero-order valence-electron chi connectivity index (χ0n) is 11.4. The van der Waals surface area contributed by atoms with Crippen LogP contribution in [0.5, 0.6) is 0 Å². The van der Waals surface area contributed by atoms with E-state index in [1.54, 1.807) is 11.3 Å². The van der Waals surface area contributed by atoms with E-state index in [0.29, 0.717) is 0 Å². The van der Waals surface area contributed by atoms with Gasteiger partial charge in [-0.05, 0) is 37.2 Å².